The minimum Gasteiger partial charge on any atom is -0.353 e. The molecule has 1 aromatic carbocycles. The lowest BCUT2D eigenvalue weighted by molar-refractivity contribution is -0.123. The number of rotatable bonds is 2. The van der Waals surface area contributed by atoms with Crippen LogP contribution in [0.3, 0.4) is 0 Å². The number of hydrogen-bond donors (Lipinski definition) is 2. The number of hydrogen-bond acceptors (Lipinski definition) is 3. The molecule has 2 aromatic rings. The first-order valence-corrected chi connectivity index (χ1v) is 6.88. The Kier molecular flexibility index (Phi) is 3.62. The number of amides is 2. The standard InChI is InChI=1S/C14H13ClN4O2/c15-10-3-1-2-9(6-10)11-7-12(18-17-11)14(21)19-5-4-16-13(20)8-19/h1-3,6-7H,4-5,8H2,(H,16,20)(H,17,18). The van der Waals surface area contributed by atoms with Crippen LogP contribution in [0, 0.1) is 0 Å². The fourth-order valence-electron chi connectivity index (χ4n) is 2.21. The molecule has 0 atom stereocenters. The molecule has 0 spiro atoms. The first-order valence-electron chi connectivity index (χ1n) is 6.51. The van der Waals surface area contributed by atoms with Crippen molar-refractivity contribution in [3.63, 3.8) is 0 Å². The SMILES string of the molecule is O=C1CN(C(=O)c2cc(-c3cccc(Cl)c3)n[nH]2)CCN1. The number of carbonyl (C=O) groups excluding carboxylic acids is 2. The summed E-state index contributed by atoms with van der Waals surface area (Å²) >= 11 is 5.94. The third kappa shape index (κ3) is 2.90. The summed E-state index contributed by atoms with van der Waals surface area (Å²) in [6.07, 6.45) is 0. The molecule has 2 N–H and O–H groups in total. The van der Waals surface area contributed by atoms with Gasteiger partial charge in [0.2, 0.25) is 5.91 Å². The Hall–Kier alpha value is -2.34. The average molecular weight is 305 g/mol. The van der Waals surface area contributed by atoms with Gasteiger partial charge in [-0.05, 0) is 18.2 Å². The normalized spacial score (nSPS) is 14.9. The predicted octanol–water partition coefficient (Wildman–Crippen LogP) is 1.30. The lowest BCUT2D eigenvalue weighted by Gasteiger charge is -2.25. The highest BCUT2D eigenvalue weighted by Crippen LogP contribution is 2.21. The summed E-state index contributed by atoms with van der Waals surface area (Å²) in [5.41, 5.74) is 1.83. The molecule has 108 valence electrons. The largest absolute Gasteiger partial charge is 0.353 e. The smallest absolute Gasteiger partial charge is 0.272 e. The van der Waals surface area contributed by atoms with Gasteiger partial charge in [0, 0.05) is 23.7 Å². The van der Waals surface area contributed by atoms with E-state index in [1.165, 1.54) is 4.90 Å². The lowest BCUT2D eigenvalue weighted by atomic mass is 10.1. The molecule has 1 aromatic heterocycles. The van der Waals surface area contributed by atoms with Gasteiger partial charge in [0.25, 0.3) is 5.91 Å². The maximum atomic E-state index is 12.3. The van der Waals surface area contributed by atoms with Crippen LogP contribution in [0.25, 0.3) is 11.3 Å². The number of halogens is 1. The molecule has 2 heterocycles. The van der Waals surface area contributed by atoms with Gasteiger partial charge in [0.1, 0.15) is 5.69 Å². The van der Waals surface area contributed by atoms with Crippen LogP contribution in [-0.2, 0) is 4.79 Å². The summed E-state index contributed by atoms with van der Waals surface area (Å²) < 4.78 is 0. The molecule has 0 saturated carbocycles. The zero-order valence-electron chi connectivity index (χ0n) is 11.1. The van der Waals surface area contributed by atoms with Gasteiger partial charge in [-0.15, -0.1) is 0 Å². The van der Waals surface area contributed by atoms with E-state index >= 15 is 0 Å². The minimum atomic E-state index is -0.231. The molecule has 0 aliphatic carbocycles. The number of aromatic amines is 1. The third-order valence-corrected chi connectivity index (χ3v) is 3.49. The van der Waals surface area contributed by atoms with Gasteiger partial charge in [-0.3, -0.25) is 14.7 Å². The van der Waals surface area contributed by atoms with Gasteiger partial charge in [0.15, 0.2) is 0 Å². The molecule has 1 aliphatic rings. The van der Waals surface area contributed by atoms with Gasteiger partial charge in [-0.1, -0.05) is 23.7 Å². The number of benzene rings is 1. The maximum Gasteiger partial charge on any atom is 0.272 e. The minimum absolute atomic E-state index is 0.0738. The Morgan fingerprint density at radius 1 is 1.33 bits per heavy atom. The number of nitrogens with zero attached hydrogens (tertiary/aromatic N) is 2. The highest BCUT2D eigenvalue weighted by molar-refractivity contribution is 6.30. The highest BCUT2D eigenvalue weighted by atomic mass is 35.5. The van der Waals surface area contributed by atoms with E-state index in [2.05, 4.69) is 15.5 Å². The Morgan fingerprint density at radius 3 is 2.95 bits per heavy atom. The van der Waals surface area contributed by atoms with Crippen molar-refractivity contribution in [1.29, 1.82) is 0 Å². The summed E-state index contributed by atoms with van der Waals surface area (Å²) in [5, 5.41) is 10.1. The second-order valence-electron chi connectivity index (χ2n) is 4.75. The monoisotopic (exact) mass is 304 g/mol. The topological polar surface area (TPSA) is 78.1 Å². The fraction of sp³-hybridized carbons (Fsp3) is 0.214. The first kappa shape index (κ1) is 13.6. The Labute approximate surface area is 126 Å². The molecule has 1 fully saturated rings. The van der Waals surface area contributed by atoms with E-state index in [0.29, 0.717) is 29.5 Å². The summed E-state index contributed by atoms with van der Waals surface area (Å²) in [6.45, 7) is 1.04. The Bertz CT molecular complexity index is 698. The molecule has 0 radical (unpaired) electrons. The van der Waals surface area contributed by atoms with E-state index in [4.69, 9.17) is 11.6 Å². The van der Waals surface area contributed by atoms with E-state index in [-0.39, 0.29) is 18.4 Å². The summed E-state index contributed by atoms with van der Waals surface area (Å²) in [5.74, 6) is -0.380. The molecule has 2 amide bonds. The van der Waals surface area contributed by atoms with Crippen LogP contribution in [0.15, 0.2) is 30.3 Å². The van der Waals surface area contributed by atoms with Gasteiger partial charge >= 0.3 is 0 Å². The van der Waals surface area contributed by atoms with E-state index < -0.39 is 0 Å². The van der Waals surface area contributed by atoms with Crippen LogP contribution < -0.4 is 5.32 Å². The van der Waals surface area contributed by atoms with Crippen molar-refractivity contribution in [1.82, 2.24) is 20.4 Å². The summed E-state index contributed by atoms with van der Waals surface area (Å²) in [4.78, 5) is 25.1. The van der Waals surface area contributed by atoms with Crippen LogP contribution in [0.5, 0.6) is 0 Å². The van der Waals surface area contributed by atoms with Gasteiger partial charge in [0.05, 0.1) is 12.2 Å². The quantitative estimate of drug-likeness (QED) is 0.878. The third-order valence-electron chi connectivity index (χ3n) is 3.25. The lowest BCUT2D eigenvalue weighted by Crippen LogP contribution is -2.50. The number of piperazine rings is 1. The van der Waals surface area contributed by atoms with E-state index in [1.807, 2.05) is 12.1 Å². The van der Waals surface area contributed by atoms with Crippen LogP contribution >= 0.6 is 11.6 Å². The van der Waals surface area contributed by atoms with Crippen molar-refractivity contribution < 1.29 is 9.59 Å². The zero-order valence-corrected chi connectivity index (χ0v) is 11.9. The Morgan fingerprint density at radius 2 is 2.19 bits per heavy atom. The first-order chi connectivity index (χ1) is 10.1. The summed E-state index contributed by atoms with van der Waals surface area (Å²) in [6, 6.07) is 8.91. The molecule has 21 heavy (non-hydrogen) atoms. The van der Waals surface area contributed by atoms with Crippen LogP contribution in [-0.4, -0.2) is 46.5 Å². The zero-order chi connectivity index (χ0) is 14.8. The van der Waals surface area contributed by atoms with Gasteiger partial charge in [-0.25, -0.2) is 0 Å². The van der Waals surface area contributed by atoms with Crippen molar-refractivity contribution in [2.75, 3.05) is 19.6 Å². The van der Waals surface area contributed by atoms with Crippen LogP contribution in [0.4, 0.5) is 0 Å². The number of carbonyl (C=O) groups is 2. The summed E-state index contributed by atoms with van der Waals surface area (Å²) in [7, 11) is 0. The molecule has 1 aliphatic heterocycles. The second kappa shape index (κ2) is 5.57. The van der Waals surface area contributed by atoms with Crippen molar-refractivity contribution in [2.24, 2.45) is 0 Å². The molecular weight excluding hydrogens is 292 g/mol. The van der Waals surface area contributed by atoms with Gasteiger partial charge < -0.3 is 10.2 Å². The Balaban J connectivity index is 1.81. The van der Waals surface area contributed by atoms with Crippen LogP contribution in [0.1, 0.15) is 10.5 Å². The van der Waals surface area contributed by atoms with Crippen molar-refractivity contribution in [3.05, 3.63) is 41.0 Å². The number of nitrogens with one attached hydrogen (secondary N) is 2. The predicted molar refractivity (Wildman–Crippen MR) is 77.9 cm³/mol. The molecular formula is C14H13ClN4O2. The molecule has 7 heteroatoms. The molecule has 0 bridgehead atoms. The van der Waals surface area contributed by atoms with E-state index in [9.17, 15) is 9.59 Å². The van der Waals surface area contributed by atoms with E-state index in [0.717, 1.165) is 5.56 Å². The molecule has 6 nitrogen and oxygen atoms in total. The molecule has 3 rings (SSSR count). The second-order valence-corrected chi connectivity index (χ2v) is 5.19. The van der Waals surface area contributed by atoms with E-state index in [1.54, 1.807) is 18.2 Å². The maximum absolute atomic E-state index is 12.3. The van der Waals surface area contributed by atoms with Crippen molar-refractivity contribution in [3.8, 4) is 11.3 Å². The van der Waals surface area contributed by atoms with Crippen molar-refractivity contribution >= 4 is 23.4 Å². The van der Waals surface area contributed by atoms with Crippen molar-refractivity contribution in [2.45, 2.75) is 0 Å². The molecule has 1 saturated heterocycles. The fourth-order valence-corrected chi connectivity index (χ4v) is 2.40. The average Bonchev–Trinajstić information content (AvgIpc) is 2.96. The van der Waals surface area contributed by atoms with Gasteiger partial charge in [-0.2, -0.15) is 5.10 Å². The number of aromatic nitrogens is 2. The highest BCUT2D eigenvalue weighted by Gasteiger charge is 2.23. The van der Waals surface area contributed by atoms with Crippen LogP contribution in [0.2, 0.25) is 5.02 Å². The molecule has 0 unspecified atom stereocenters. The number of H-pyrrole nitrogens is 1.